The van der Waals surface area contributed by atoms with Crippen molar-refractivity contribution in [3.63, 3.8) is 0 Å². The molecule has 0 aromatic heterocycles. The largest absolute Gasteiger partial charge is 0.491 e. The normalized spacial score (nSPS) is 16.7. The maximum absolute atomic E-state index is 12.0. The van der Waals surface area contributed by atoms with Gasteiger partial charge in [0.15, 0.2) is 0 Å². The third-order valence-electron chi connectivity index (χ3n) is 3.99. The molecule has 0 radical (unpaired) electrons. The number of hydrogen-bond acceptors (Lipinski definition) is 4. The van der Waals surface area contributed by atoms with Gasteiger partial charge in [-0.2, -0.15) is 0 Å². The van der Waals surface area contributed by atoms with Crippen molar-refractivity contribution < 1.29 is 14.3 Å². The number of hydrogen-bond donors (Lipinski definition) is 0. The average molecular weight is 305 g/mol. The number of carbonyl (C=O) groups is 1. The molecule has 4 nitrogen and oxygen atoms in total. The van der Waals surface area contributed by atoms with Crippen molar-refractivity contribution in [3.05, 3.63) is 29.8 Å². The van der Waals surface area contributed by atoms with Gasteiger partial charge in [-0.05, 0) is 77.4 Å². The molecule has 22 heavy (non-hydrogen) atoms. The fourth-order valence-corrected chi connectivity index (χ4v) is 2.71. The monoisotopic (exact) mass is 305 g/mol. The van der Waals surface area contributed by atoms with Crippen molar-refractivity contribution >= 4 is 5.97 Å². The Kier molecular flexibility index (Phi) is 6.25. The highest BCUT2D eigenvalue weighted by molar-refractivity contribution is 5.89. The quantitative estimate of drug-likeness (QED) is 0.723. The van der Waals surface area contributed by atoms with Crippen LogP contribution in [0, 0.1) is 0 Å². The van der Waals surface area contributed by atoms with E-state index in [1.54, 1.807) is 12.1 Å². The molecular formula is C18H27NO3. The minimum Gasteiger partial charge on any atom is -0.491 e. The molecule has 0 aliphatic carbocycles. The minimum absolute atomic E-state index is 0.130. The van der Waals surface area contributed by atoms with Crippen LogP contribution in [0.3, 0.4) is 0 Å². The van der Waals surface area contributed by atoms with Crippen LogP contribution in [0.4, 0.5) is 0 Å². The van der Waals surface area contributed by atoms with Gasteiger partial charge in [0.2, 0.25) is 0 Å². The molecule has 1 aliphatic heterocycles. The zero-order valence-corrected chi connectivity index (χ0v) is 13.9. The summed E-state index contributed by atoms with van der Waals surface area (Å²) in [5.74, 6) is 0.513. The van der Waals surface area contributed by atoms with E-state index in [9.17, 15) is 4.79 Å². The number of carbonyl (C=O) groups excluding carboxylic acids is 1. The summed E-state index contributed by atoms with van der Waals surface area (Å²) >= 11 is 0. The second-order valence-electron chi connectivity index (χ2n) is 6.21. The molecule has 1 atom stereocenters. The summed E-state index contributed by atoms with van der Waals surface area (Å²) in [5.41, 5.74) is 0.574. The Morgan fingerprint density at radius 1 is 1.14 bits per heavy atom. The lowest BCUT2D eigenvalue weighted by Crippen LogP contribution is -2.31. The van der Waals surface area contributed by atoms with Gasteiger partial charge < -0.3 is 14.4 Å². The first kappa shape index (κ1) is 16.8. The lowest BCUT2D eigenvalue weighted by Gasteiger charge is -2.23. The topological polar surface area (TPSA) is 38.8 Å². The number of likely N-dealkylation sites (tertiary alicyclic amines) is 1. The molecule has 1 saturated heterocycles. The van der Waals surface area contributed by atoms with E-state index in [1.807, 2.05) is 26.0 Å². The Morgan fingerprint density at radius 2 is 1.77 bits per heavy atom. The van der Waals surface area contributed by atoms with Crippen LogP contribution in [0.25, 0.3) is 0 Å². The smallest absolute Gasteiger partial charge is 0.338 e. The second kappa shape index (κ2) is 8.18. The molecule has 1 fully saturated rings. The van der Waals surface area contributed by atoms with E-state index in [1.165, 1.54) is 25.9 Å². The van der Waals surface area contributed by atoms with Crippen LogP contribution < -0.4 is 4.74 Å². The third-order valence-corrected chi connectivity index (χ3v) is 3.99. The Morgan fingerprint density at radius 3 is 2.36 bits per heavy atom. The maximum atomic E-state index is 12.0. The van der Waals surface area contributed by atoms with Crippen molar-refractivity contribution in [1.82, 2.24) is 4.90 Å². The van der Waals surface area contributed by atoms with E-state index in [-0.39, 0.29) is 12.1 Å². The second-order valence-corrected chi connectivity index (χ2v) is 6.21. The number of ether oxygens (including phenoxy) is 2. The molecular weight excluding hydrogens is 278 g/mol. The summed E-state index contributed by atoms with van der Waals surface area (Å²) in [6.07, 6.45) is 3.59. The molecule has 0 spiro atoms. The number of rotatable bonds is 7. The van der Waals surface area contributed by atoms with Crippen LogP contribution in [0.5, 0.6) is 5.75 Å². The molecule has 0 saturated carbocycles. The molecule has 1 aromatic carbocycles. The summed E-state index contributed by atoms with van der Waals surface area (Å²) in [6, 6.07) is 7.61. The van der Waals surface area contributed by atoms with Gasteiger partial charge in [-0.15, -0.1) is 0 Å². The van der Waals surface area contributed by atoms with Gasteiger partial charge >= 0.3 is 5.97 Å². The lowest BCUT2D eigenvalue weighted by atomic mass is 10.2. The standard InChI is InChI=1S/C18H27NO3/c1-14(2)22-17-8-6-16(7-9-17)18(20)21-13-10-15(3)19-11-4-5-12-19/h6-9,14-15H,4-5,10-13H2,1-3H3/t15-/m0/s1. The molecule has 2 rings (SSSR count). The zero-order chi connectivity index (χ0) is 15.9. The Bertz CT molecular complexity index is 464. The van der Waals surface area contributed by atoms with Gasteiger partial charge in [-0.1, -0.05) is 0 Å². The SMILES string of the molecule is CC(C)Oc1ccc(C(=O)OCC[C@H](C)N2CCCC2)cc1. The summed E-state index contributed by atoms with van der Waals surface area (Å²) in [6.45, 7) is 8.98. The zero-order valence-electron chi connectivity index (χ0n) is 13.9. The first-order chi connectivity index (χ1) is 10.6. The number of nitrogens with zero attached hydrogens (tertiary/aromatic N) is 1. The Labute approximate surface area is 133 Å². The van der Waals surface area contributed by atoms with Crippen molar-refractivity contribution in [2.24, 2.45) is 0 Å². The van der Waals surface area contributed by atoms with E-state index >= 15 is 0 Å². The first-order valence-corrected chi connectivity index (χ1v) is 8.24. The van der Waals surface area contributed by atoms with Gasteiger partial charge in [0.05, 0.1) is 18.3 Å². The van der Waals surface area contributed by atoms with Crippen LogP contribution in [0.2, 0.25) is 0 Å². The molecule has 0 N–H and O–H groups in total. The maximum Gasteiger partial charge on any atom is 0.338 e. The van der Waals surface area contributed by atoms with E-state index in [0.717, 1.165) is 12.2 Å². The Balaban J connectivity index is 1.74. The summed E-state index contributed by atoms with van der Waals surface area (Å²) < 4.78 is 10.9. The summed E-state index contributed by atoms with van der Waals surface area (Å²) in [7, 11) is 0. The third kappa shape index (κ3) is 5.02. The molecule has 1 heterocycles. The molecule has 4 heteroatoms. The van der Waals surface area contributed by atoms with Gasteiger partial charge in [0.25, 0.3) is 0 Å². The van der Waals surface area contributed by atoms with E-state index in [2.05, 4.69) is 11.8 Å². The lowest BCUT2D eigenvalue weighted by molar-refractivity contribution is 0.0470. The van der Waals surface area contributed by atoms with Crippen LogP contribution in [-0.4, -0.2) is 42.7 Å². The van der Waals surface area contributed by atoms with Crippen molar-refractivity contribution in [2.45, 2.75) is 52.2 Å². The molecule has 0 amide bonds. The highest BCUT2D eigenvalue weighted by atomic mass is 16.5. The van der Waals surface area contributed by atoms with Gasteiger partial charge in [0.1, 0.15) is 5.75 Å². The van der Waals surface area contributed by atoms with Crippen LogP contribution in [-0.2, 0) is 4.74 Å². The van der Waals surface area contributed by atoms with Crippen molar-refractivity contribution in [3.8, 4) is 5.75 Å². The summed E-state index contributed by atoms with van der Waals surface area (Å²) in [5, 5.41) is 0. The van der Waals surface area contributed by atoms with Crippen LogP contribution in [0.15, 0.2) is 24.3 Å². The molecule has 0 unspecified atom stereocenters. The molecule has 0 bridgehead atoms. The fourth-order valence-electron chi connectivity index (χ4n) is 2.71. The van der Waals surface area contributed by atoms with Gasteiger partial charge in [-0.3, -0.25) is 0 Å². The predicted octanol–water partition coefficient (Wildman–Crippen LogP) is 3.51. The average Bonchev–Trinajstić information content (AvgIpc) is 3.01. The van der Waals surface area contributed by atoms with Crippen molar-refractivity contribution in [2.75, 3.05) is 19.7 Å². The van der Waals surface area contributed by atoms with Gasteiger partial charge in [-0.25, -0.2) is 4.79 Å². The highest BCUT2D eigenvalue weighted by Crippen LogP contribution is 2.16. The van der Waals surface area contributed by atoms with Crippen LogP contribution in [0.1, 0.15) is 50.4 Å². The predicted molar refractivity (Wildman–Crippen MR) is 87.4 cm³/mol. The fraction of sp³-hybridized carbons (Fsp3) is 0.611. The molecule has 122 valence electrons. The Hall–Kier alpha value is -1.55. The van der Waals surface area contributed by atoms with Gasteiger partial charge in [0, 0.05) is 6.04 Å². The highest BCUT2D eigenvalue weighted by Gasteiger charge is 2.18. The van der Waals surface area contributed by atoms with E-state index < -0.39 is 0 Å². The summed E-state index contributed by atoms with van der Waals surface area (Å²) in [4.78, 5) is 14.5. The van der Waals surface area contributed by atoms with E-state index in [4.69, 9.17) is 9.47 Å². The van der Waals surface area contributed by atoms with E-state index in [0.29, 0.717) is 18.2 Å². The molecule has 1 aliphatic rings. The molecule has 1 aromatic rings. The van der Waals surface area contributed by atoms with Crippen molar-refractivity contribution in [1.29, 1.82) is 0 Å². The van der Waals surface area contributed by atoms with Crippen LogP contribution >= 0.6 is 0 Å². The first-order valence-electron chi connectivity index (χ1n) is 8.24. The number of benzene rings is 1. The number of esters is 1. The minimum atomic E-state index is -0.260.